The van der Waals surface area contributed by atoms with E-state index in [1.165, 1.54) is 0 Å². The number of nitrogens with two attached hydrogens (primary N) is 1. The number of hydrogen-bond donors (Lipinski definition) is 2. The molecule has 1 heterocycles. The first-order valence-electron chi connectivity index (χ1n) is 4.60. The van der Waals surface area contributed by atoms with Gasteiger partial charge in [-0.2, -0.15) is 0 Å². The highest BCUT2D eigenvalue weighted by Crippen LogP contribution is 2.15. The highest BCUT2D eigenvalue weighted by Gasteiger charge is 2.16. The zero-order valence-corrected chi connectivity index (χ0v) is 7.67. The summed E-state index contributed by atoms with van der Waals surface area (Å²) in [4.78, 5) is 28.8. The Bertz CT molecular complexity index is 436. The van der Waals surface area contributed by atoms with E-state index in [0.29, 0.717) is 0 Å². The van der Waals surface area contributed by atoms with Crippen LogP contribution < -0.4 is 11.3 Å². The van der Waals surface area contributed by atoms with Gasteiger partial charge in [-0.15, -0.1) is 0 Å². The number of nitrogens with one attached hydrogen (secondary N) is 1. The Morgan fingerprint density at radius 2 is 2.07 bits per heavy atom. The van der Waals surface area contributed by atoms with E-state index < -0.39 is 11.5 Å². The number of carbonyl (C=O) groups excluding carboxylic acids is 1. The third kappa shape index (κ3) is 1.41. The van der Waals surface area contributed by atoms with E-state index in [2.05, 4.69) is 9.97 Å². The van der Waals surface area contributed by atoms with Crippen molar-refractivity contribution in [1.29, 1.82) is 0 Å². The maximum Gasteiger partial charge on any atom is 0.279 e. The number of aryl methyl sites for hydroxylation is 2. The number of carbonyl (C=O) groups is 1. The van der Waals surface area contributed by atoms with Gasteiger partial charge in [0.2, 0.25) is 0 Å². The fourth-order valence-electron chi connectivity index (χ4n) is 1.70. The van der Waals surface area contributed by atoms with Gasteiger partial charge in [0.25, 0.3) is 11.5 Å². The van der Waals surface area contributed by atoms with Crippen molar-refractivity contribution in [1.82, 2.24) is 9.97 Å². The molecule has 0 spiro atoms. The molecule has 0 atom stereocenters. The normalized spacial score (nSPS) is 14.9. The van der Waals surface area contributed by atoms with E-state index in [1.807, 2.05) is 0 Å². The minimum absolute atomic E-state index is 0.175. The Morgan fingerprint density at radius 1 is 1.36 bits per heavy atom. The van der Waals surface area contributed by atoms with Crippen LogP contribution >= 0.6 is 0 Å². The summed E-state index contributed by atoms with van der Waals surface area (Å²) in [5, 5.41) is 0. The molecule has 5 heteroatoms. The van der Waals surface area contributed by atoms with Gasteiger partial charge >= 0.3 is 0 Å². The van der Waals surface area contributed by atoms with E-state index in [-0.39, 0.29) is 5.69 Å². The fourth-order valence-corrected chi connectivity index (χ4v) is 1.70. The van der Waals surface area contributed by atoms with Gasteiger partial charge in [-0.1, -0.05) is 0 Å². The van der Waals surface area contributed by atoms with Crippen molar-refractivity contribution in [3.63, 3.8) is 0 Å². The molecular formula is C9H11N3O2. The van der Waals surface area contributed by atoms with Crippen LogP contribution in [0.2, 0.25) is 0 Å². The molecule has 0 bridgehead atoms. The lowest BCUT2D eigenvalue weighted by Crippen LogP contribution is -2.28. The van der Waals surface area contributed by atoms with Crippen LogP contribution in [-0.4, -0.2) is 15.9 Å². The quantitative estimate of drug-likeness (QED) is 0.644. The molecule has 2 rings (SSSR count). The predicted octanol–water partition coefficient (Wildman–Crippen LogP) is -0.252. The maximum atomic E-state index is 11.3. The van der Waals surface area contributed by atoms with Gasteiger partial charge in [0.15, 0.2) is 5.69 Å². The first kappa shape index (κ1) is 8.93. The van der Waals surface area contributed by atoms with E-state index in [1.54, 1.807) is 0 Å². The van der Waals surface area contributed by atoms with Crippen LogP contribution in [0.25, 0.3) is 0 Å². The number of aromatic nitrogens is 2. The smallest absolute Gasteiger partial charge is 0.279 e. The second-order valence-corrected chi connectivity index (χ2v) is 3.41. The highest BCUT2D eigenvalue weighted by atomic mass is 16.2. The Morgan fingerprint density at radius 3 is 2.79 bits per heavy atom. The molecule has 74 valence electrons. The van der Waals surface area contributed by atoms with Crippen molar-refractivity contribution in [3.05, 3.63) is 27.4 Å². The third-order valence-electron chi connectivity index (χ3n) is 2.40. The van der Waals surface area contributed by atoms with Crippen molar-refractivity contribution in [2.45, 2.75) is 25.7 Å². The molecule has 0 radical (unpaired) electrons. The number of nitrogens with zero attached hydrogens (tertiary/aromatic N) is 1. The van der Waals surface area contributed by atoms with Crippen molar-refractivity contribution in [3.8, 4) is 0 Å². The molecule has 1 aromatic rings. The van der Waals surface area contributed by atoms with E-state index in [0.717, 1.165) is 37.1 Å². The van der Waals surface area contributed by atoms with Gasteiger partial charge in [-0.3, -0.25) is 9.59 Å². The molecule has 5 nitrogen and oxygen atoms in total. The SMILES string of the molecule is NC(=O)c1nc2c([nH]c1=O)CCCC2. The molecule has 0 aromatic carbocycles. The second kappa shape index (κ2) is 3.25. The zero-order chi connectivity index (χ0) is 10.1. The van der Waals surface area contributed by atoms with Crippen LogP contribution in [-0.2, 0) is 12.8 Å². The second-order valence-electron chi connectivity index (χ2n) is 3.41. The molecule has 1 aliphatic rings. The molecule has 0 saturated carbocycles. The standard InChI is InChI=1S/C9H11N3O2/c10-8(13)7-9(14)12-6-4-2-1-3-5(6)11-7/h1-4H2,(H2,10,13)(H,12,14). The van der Waals surface area contributed by atoms with Crippen LogP contribution in [0, 0.1) is 0 Å². The molecule has 0 unspecified atom stereocenters. The van der Waals surface area contributed by atoms with Crippen LogP contribution in [0.4, 0.5) is 0 Å². The summed E-state index contributed by atoms with van der Waals surface area (Å²) < 4.78 is 0. The summed E-state index contributed by atoms with van der Waals surface area (Å²) in [5.74, 6) is -0.764. The van der Waals surface area contributed by atoms with Crippen molar-refractivity contribution in [2.75, 3.05) is 0 Å². The average Bonchev–Trinajstić information content (AvgIpc) is 2.16. The summed E-state index contributed by atoms with van der Waals surface area (Å²) in [6.45, 7) is 0. The van der Waals surface area contributed by atoms with Gasteiger partial charge in [0, 0.05) is 5.69 Å². The Labute approximate surface area is 80.4 Å². The van der Waals surface area contributed by atoms with Crippen molar-refractivity contribution < 1.29 is 4.79 Å². The topological polar surface area (TPSA) is 88.8 Å². The molecule has 1 aromatic heterocycles. The number of hydrogen-bond acceptors (Lipinski definition) is 3. The monoisotopic (exact) mass is 193 g/mol. The first-order chi connectivity index (χ1) is 6.68. The average molecular weight is 193 g/mol. The molecule has 1 aliphatic carbocycles. The summed E-state index contributed by atoms with van der Waals surface area (Å²) in [6.07, 6.45) is 3.74. The predicted molar refractivity (Wildman–Crippen MR) is 50.0 cm³/mol. The number of amides is 1. The van der Waals surface area contributed by atoms with Crippen LogP contribution in [0.5, 0.6) is 0 Å². The van der Waals surface area contributed by atoms with Gasteiger partial charge in [0.05, 0.1) is 5.69 Å². The summed E-state index contributed by atoms with van der Waals surface area (Å²) in [5.41, 5.74) is 6.04. The third-order valence-corrected chi connectivity index (χ3v) is 2.40. The maximum absolute atomic E-state index is 11.3. The van der Waals surface area contributed by atoms with Gasteiger partial charge < -0.3 is 10.7 Å². The lowest BCUT2D eigenvalue weighted by atomic mass is 10.0. The Kier molecular flexibility index (Phi) is 2.07. The first-order valence-corrected chi connectivity index (χ1v) is 4.60. The van der Waals surface area contributed by atoms with Crippen LogP contribution in [0.3, 0.4) is 0 Å². The van der Waals surface area contributed by atoms with E-state index in [4.69, 9.17) is 5.73 Å². The molecule has 0 saturated heterocycles. The number of primary amides is 1. The molecule has 1 amide bonds. The molecular weight excluding hydrogens is 182 g/mol. The summed E-state index contributed by atoms with van der Waals surface area (Å²) in [7, 11) is 0. The zero-order valence-electron chi connectivity index (χ0n) is 7.67. The summed E-state index contributed by atoms with van der Waals surface area (Å²) >= 11 is 0. The highest BCUT2D eigenvalue weighted by molar-refractivity contribution is 5.90. The number of aromatic amines is 1. The minimum Gasteiger partial charge on any atom is -0.364 e. The largest absolute Gasteiger partial charge is 0.364 e. The van der Waals surface area contributed by atoms with E-state index >= 15 is 0 Å². The van der Waals surface area contributed by atoms with Gasteiger partial charge in [0.1, 0.15) is 0 Å². The molecule has 3 N–H and O–H groups in total. The fraction of sp³-hybridized carbons (Fsp3) is 0.444. The van der Waals surface area contributed by atoms with Crippen LogP contribution in [0.15, 0.2) is 4.79 Å². The Hall–Kier alpha value is -1.65. The van der Waals surface area contributed by atoms with Gasteiger partial charge in [-0.25, -0.2) is 4.98 Å². The van der Waals surface area contributed by atoms with Crippen molar-refractivity contribution in [2.24, 2.45) is 5.73 Å². The lowest BCUT2D eigenvalue weighted by molar-refractivity contribution is 0.0993. The molecule has 0 aliphatic heterocycles. The van der Waals surface area contributed by atoms with Crippen molar-refractivity contribution >= 4 is 5.91 Å². The molecule has 0 fully saturated rings. The summed E-state index contributed by atoms with van der Waals surface area (Å²) in [6, 6.07) is 0. The number of H-pyrrole nitrogens is 1. The van der Waals surface area contributed by atoms with Crippen LogP contribution in [0.1, 0.15) is 34.7 Å². The molecule has 14 heavy (non-hydrogen) atoms. The van der Waals surface area contributed by atoms with E-state index in [9.17, 15) is 9.59 Å². The number of fused-ring (bicyclic) bond motifs is 1. The van der Waals surface area contributed by atoms with Gasteiger partial charge in [-0.05, 0) is 25.7 Å². The lowest BCUT2D eigenvalue weighted by Gasteiger charge is -2.13. The Balaban J connectivity index is 2.56. The number of rotatable bonds is 1. The minimum atomic E-state index is -0.764.